The van der Waals surface area contributed by atoms with Crippen LogP contribution < -0.4 is 10.5 Å². The molecule has 4 nitrogen and oxygen atoms in total. The molecule has 8 heteroatoms. The minimum absolute atomic E-state index is 0. The van der Waals surface area contributed by atoms with Crippen LogP contribution in [-0.4, -0.2) is 20.5 Å². The van der Waals surface area contributed by atoms with Crippen LogP contribution in [0.25, 0.3) is 0 Å². The van der Waals surface area contributed by atoms with Gasteiger partial charge in [-0.1, -0.05) is 12.8 Å². The molecular weight excluding hydrogens is 360 g/mol. The third kappa shape index (κ3) is 3.91. The zero-order valence-corrected chi connectivity index (χ0v) is 13.7. The number of rotatable bonds is 3. The zero-order valence-electron chi connectivity index (χ0n) is 9.63. The Labute approximate surface area is 126 Å². The number of thiophene rings is 1. The number of hydrogen-bond donors (Lipinski definition) is 2. The van der Waals surface area contributed by atoms with Crippen LogP contribution >= 0.6 is 39.7 Å². The highest BCUT2D eigenvalue weighted by atomic mass is 79.9. The Hall–Kier alpha value is 0.340. The molecule has 1 saturated carbocycles. The smallest absolute Gasteiger partial charge is 0.250 e. The Morgan fingerprint density at radius 2 is 2.00 bits per heavy atom. The molecule has 0 saturated heterocycles. The molecule has 1 aliphatic carbocycles. The lowest BCUT2D eigenvalue weighted by Crippen LogP contribution is -2.49. The van der Waals surface area contributed by atoms with E-state index in [-0.39, 0.29) is 24.5 Å². The number of halogens is 2. The van der Waals surface area contributed by atoms with E-state index in [9.17, 15) is 8.42 Å². The fraction of sp³-hybridized carbons (Fsp3) is 0.600. The minimum Gasteiger partial charge on any atom is -0.326 e. The molecule has 0 amide bonds. The summed E-state index contributed by atoms with van der Waals surface area (Å²) >= 11 is 4.47. The van der Waals surface area contributed by atoms with Gasteiger partial charge in [-0.05, 0) is 40.9 Å². The van der Waals surface area contributed by atoms with Crippen LogP contribution in [0.15, 0.2) is 20.1 Å². The Balaban J connectivity index is 0.00000162. The van der Waals surface area contributed by atoms with Gasteiger partial charge in [0.1, 0.15) is 4.21 Å². The van der Waals surface area contributed by atoms with Gasteiger partial charge in [-0.2, -0.15) is 0 Å². The SMILES string of the molecule is Cl.NC1CCCCC1NS(=O)(=O)c1ccc(Br)s1. The lowest BCUT2D eigenvalue weighted by molar-refractivity contribution is 0.361. The van der Waals surface area contributed by atoms with Gasteiger partial charge in [0.2, 0.25) is 10.0 Å². The van der Waals surface area contributed by atoms with Gasteiger partial charge >= 0.3 is 0 Å². The highest BCUT2D eigenvalue weighted by Crippen LogP contribution is 2.27. The van der Waals surface area contributed by atoms with E-state index in [4.69, 9.17) is 5.73 Å². The maximum absolute atomic E-state index is 12.1. The molecule has 2 unspecified atom stereocenters. The first kappa shape index (κ1) is 16.4. The van der Waals surface area contributed by atoms with Crippen LogP contribution in [0.2, 0.25) is 0 Å². The quantitative estimate of drug-likeness (QED) is 0.852. The van der Waals surface area contributed by atoms with Crippen molar-refractivity contribution in [2.75, 3.05) is 0 Å². The first-order valence-electron chi connectivity index (χ1n) is 5.52. The average molecular weight is 376 g/mol. The van der Waals surface area contributed by atoms with E-state index >= 15 is 0 Å². The molecule has 0 aromatic carbocycles. The molecule has 0 radical (unpaired) electrons. The maximum Gasteiger partial charge on any atom is 0.250 e. The normalized spacial score (nSPS) is 24.6. The second-order valence-electron chi connectivity index (χ2n) is 4.23. The van der Waals surface area contributed by atoms with Crippen LogP contribution in [0, 0.1) is 0 Å². The fourth-order valence-electron chi connectivity index (χ4n) is 2.01. The molecule has 18 heavy (non-hydrogen) atoms. The van der Waals surface area contributed by atoms with E-state index in [0.717, 1.165) is 29.5 Å². The van der Waals surface area contributed by atoms with E-state index in [1.54, 1.807) is 12.1 Å². The van der Waals surface area contributed by atoms with Crippen molar-refractivity contribution < 1.29 is 8.42 Å². The van der Waals surface area contributed by atoms with Crippen molar-refractivity contribution in [1.29, 1.82) is 0 Å². The molecule has 2 atom stereocenters. The van der Waals surface area contributed by atoms with Crippen molar-refractivity contribution in [3.05, 3.63) is 15.9 Å². The Morgan fingerprint density at radius 1 is 1.33 bits per heavy atom. The third-order valence-electron chi connectivity index (χ3n) is 2.94. The monoisotopic (exact) mass is 374 g/mol. The lowest BCUT2D eigenvalue weighted by Gasteiger charge is -2.28. The summed E-state index contributed by atoms with van der Waals surface area (Å²) in [4.78, 5) is 0. The predicted molar refractivity (Wildman–Crippen MR) is 79.8 cm³/mol. The van der Waals surface area contributed by atoms with Crippen molar-refractivity contribution in [3.8, 4) is 0 Å². The first-order valence-corrected chi connectivity index (χ1v) is 8.61. The number of sulfonamides is 1. The Bertz CT molecular complexity index is 492. The summed E-state index contributed by atoms with van der Waals surface area (Å²) in [5.74, 6) is 0. The maximum atomic E-state index is 12.1. The van der Waals surface area contributed by atoms with Crippen molar-refractivity contribution in [3.63, 3.8) is 0 Å². The summed E-state index contributed by atoms with van der Waals surface area (Å²) in [5, 5.41) is 0. The number of nitrogens with two attached hydrogens (primary N) is 1. The van der Waals surface area contributed by atoms with Gasteiger partial charge in [-0.25, -0.2) is 13.1 Å². The molecule has 0 aliphatic heterocycles. The Morgan fingerprint density at radius 3 is 2.56 bits per heavy atom. The number of hydrogen-bond acceptors (Lipinski definition) is 4. The molecule has 104 valence electrons. The van der Waals surface area contributed by atoms with Gasteiger partial charge in [-0.3, -0.25) is 0 Å². The summed E-state index contributed by atoms with van der Waals surface area (Å²) in [5.41, 5.74) is 5.94. The second kappa shape index (κ2) is 6.67. The van der Waals surface area contributed by atoms with Crippen LogP contribution in [0.3, 0.4) is 0 Å². The topological polar surface area (TPSA) is 72.2 Å². The van der Waals surface area contributed by atoms with Gasteiger partial charge in [0, 0.05) is 12.1 Å². The van der Waals surface area contributed by atoms with Crippen LogP contribution in [0.5, 0.6) is 0 Å². The van der Waals surface area contributed by atoms with E-state index in [1.807, 2.05) is 0 Å². The lowest BCUT2D eigenvalue weighted by atomic mass is 9.92. The van der Waals surface area contributed by atoms with E-state index < -0.39 is 10.0 Å². The predicted octanol–water partition coefficient (Wildman–Crippen LogP) is 2.48. The van der Waals surface area contributed by atoms with E-state index in [0.29, 0.717) is 4.21 Å². The molecule has 0 spiro atoms. The molecule has 0 bridgehead atoms. The molecule has 2 rings (SSSR count). The minimum atomic E-state index is -3.41. The standard InChI is InChI=1S/C10H15BrN2O2S2.ClH/c11-9-5-6-10(16-9)17(14,15)13-8-4-2-1-3-7(8)12;/h5-8,13H,1-4,12H2;1H. The van der Waals surface area contributed by atoms with Gasteiger partial charge in [-0.15, -0.1) is 23.7 Å². The molecule has 1 fully saturated rings. The molecule has 1 aromatic rings. The number of nitrogens with one attached hydrogen (secondary N) is 1. The molecule has 1 aliphatic rings. The first-order chi connectivity index (χ1) is 7.99. The van der Waals surface area contributed by atoms with Crippen LogP contribution in [-0.2, 0) is 10.0 Å². The summed E-state index contributed by atoms with van der Waals surface area (Å²) in [6, 6.07) is 3.14. The van der Waals surface area contributed by atoms with Crippen molar-refractivity contribution >= 4 is 49.7 Å². The summed E-state index contributed by atoms with van der Waals surface area (Å²) in [6.07, 6.45) is 3.84. The van der Waals surface area contributed by atoms with Gasteiger partial charge < -0.3 is 5.73 Å². The van der Waals surface area contributed by atoms with E-state index in [2.05, 4.69) is 20.7 Å². The largest absolute Gasteiger partial charge is 0.326 e. The van der Waals surface area contributed by atoms with Crippen LogP contribution in [0.4, 0.5) is 0 Å². The summed E-state index contributed by atoms with van der Waals surface area (Å²) < 4.78 is 28.0. The summed E-state index contributed by atoms with van der Waals surface area (Å²) in [7, 11) is -3.41. The van der Waals surface area contributed by atoms with Gasteiger partial charge in [0.25, 0.3) is 0 Å². The van der Waals surface area contributed by atoms with Crippen LogP contribution in [0.1, 0.15) is 25.7 Å². The average Bonchev–Trinajstić information content (AvgIpc) is 2.69. The Kier molecular flexibility index (Phi) is 6.08. The van der Waals surface area contributed by atoms with Gasteiger partial charge in [0.05, 0.1) is 3.79 Å². The van der Waals surface area contributed by atoms with Gasteiger partial charge in [0.15, 0.2) is 0 Å². The van der Waals surface area contributed by atoms with Crippen molar-refractivity contribution in [2.24, 2.45) is 5.73 Å². The molecule has 3 N–H and O–H groups in total. The molecular formula is C10H16BrClN2O2S2. The highest BCUT2D eigenvalue weighted by Gasteiger charge is 2.27. The third-order valence-corrected chi connectivity index (χ3v) is 6.54. The molecule has 1 heterocycles. The van der Waals surface area contributed by atoms with Crippen molar-refractivity contribution in [2.45, 2.75) is 42.0 Å². The summed E-state index contributed by atoms with van der Waals surface area (Å²) in [6.45, 7) is 0. The van der Waals surface area contributed by atoms with E-state index in [1.165, 1.54) is 11.3 Å². The molecule has 1 aromatic heterocycles. The highest BCUT2D eigenvalue weighted by molar-refractivity contribution is 9.11. The van der Waals surface area contributed by atoms with Crippen molar-refractivity contribution in [1.82, 2.24) is 4.72 Å². The second-order valence-corrected chi connectivity index (χ2v) is 8.64. The zero-order chi connectivity index (χ0) is 12.5. The fourth-order valence-corrected chi connectivity index (χ4v) is 5.35.